The second kappa shape index (κ2) is 7.08. The fourth-order valence-corrected chi connectivity index (χ4v) is 1.73. The maximum absolute atomic E-state index is 13.4. The van der Waals surface area contributed by atoms with Crippen LogP contribution in [0.5, 0.6) is 5.88 Å². The Hall–Kier alpha value is -2.64. The predicted octanol–water partition coefficient (Wildman–Crippen LogP) is 3.05. The third kappa shape index (κ3) is 4.67. The van der Waals surface area contributed by atoms with Gasteiger partial charge in [-0.3, -0.25) is 4.79 Å². The number of pyridine rings is 1. The van der Waals surface area contributed by atoms with Crippen LogP contribution >= 0.6 is 0 Å². The van der Waals surface area contributed by atoms with Gasteiger partial charge >= 0.3 is 6.18 Å². The number of rotatable bonds is 5. The normalized spacial score (nSPS) is 11.1. The number of carbonyl (C=O) groups is 1. The monoisotopic (exact) mass is 328 g/mol. The van der Waals surface area contributed by atoms with E-state index in [9.17, 15) is 22.4 Å². The molecule has 23 heavy (non-hydrogen) atoms. The lowest BCUT2D eigenvalue weighted by molar-refractivity contribution is -0.137. The molecule has 0 saturated heterocycles. The first-order valence-corrected chi connectivity index (χ1v) is 6.56. The Bertz CT molecular complexity index is 689. The van der Waals surface area contributed by atoms with Crippen LogP contribution in [0.2, 0.25) is 0 Å². The van der Waals surface area contributed by atoms with E-state index in [1.807, 2.05) is 0 Å². The van der Waals surface area contributed by atoms with Gasteiger partial charge in [-0.25, -0.2) is 9.37 Å². The van der Waals surface area contributed by atoms with Gasteiger partial charge < -0.3 is 10.1 Å². The number of ether oxygens (including phenoxy) is 1. The minimum Gasteiger partial charge on any atom is -0.476 e. The van der Waals surface area contributed by atoms with Gasteiger partial charge in [0.05, 0.1) is 17.7 Å². The lowest BCUT2D eigenvalue weighted by Crippen LogP contribution is -2.28. The summed E-state index contributed by atoms with van der Waals surface area (Å²) < 4.78 is 55.9. The molecule has 0 unspecified atom stereocenters. The van der Waals surface area contributed by atoms with Crippen molar-refractivity contribution in [1.82, 2.24) is 10.3 Å². The molecule has 0 saturated carbocycles. The van der Waals surface area contributed by atoms with Crippen LogP contribution in [0.3, 0.4) is 0 Å². The van der Waals surface area contributed by atoms with Crippen molar-refractivity contribution in [2.75, 3.05) is 13.2 Å². The Morgan fingerprint density at radius 3 is 2.65 bits per heavy atom. The van der Waals surface area contributed by atoms with Crippen molar-refractivity contribution in [2.45, 2.75) is 6.18 Å². The number of benzene rings is 1. The molecule has 0 aliphatic rings. The van der Waals surface area contributed by atoms with E-state index in [1.165, 1.54) is 18.2 Å². The molecule has 0 fully saturated rings. The summed E-state index contributed by atoms with van der Waals surface area (Å²) in [4.78, 5) is 15.3. The molecule has 1 aromatic carbocycles. The highest BCUT2D eigenvalue weighted by Gasteiger charge is 2.30. The fraction of sp³-hybridized carbons (Fsp3) is 0.200. The molecule has 122 valence electrons. The molecule has 0 atom stereocenters. The zero-order valence-electron chi connectivity index (χ0n) is 11.7. The van der Waals surface area contributed by atoms with Gasteiger partial charge in [-0.05, 0) is 18.2 Å². The van der Waals surface area contributed by atoms with E-state index in [4.69, 9.17) is 4.74 Å². The zero-order valence-corrected chi connectivity index (χ0v) is 11.7. The Morgan fingerprint density at radius 1 is 1.22 bits per heavy atom. The van der Waals surface area contributed by atoms with Gasteiger partial charge in [0.2, 0.25) is 5.88 Å². The molecule has 1 amide bonds. The number of nitrogens with one attached hydrogen (secondary N) is 1. The Morgan fingerprint density at radius 2 is 1.96 bits per heavy atom. The molecule has 0 radical (unpaired) electrons. The van der Waals surface area contributed by atoms with E-state index < -0.39 is 23.5 Å². The van der Waals surface area contributed by atoms with Crippen LogP contribution in [-0.4, -0.2) is 24.0 Å². The van der Waals surface area contributed by atoms with Gasteiger partial charge in [0.15, 0.2) is 0 Å². The van der Waals surface area contributed by atoms with Crippen LogP contribution in [0.1, 0.15) is 15.9 Å². The first kappa shape index (κ1) is 16.7. The number of hydrogen-bond acceptors (Lipinski definition) is 3. The third-order valence-corrected chi connectivity index (χ3v) is 2.82. The summed E-state index contributed by atoms with van der Waals surface area (Å²) in [6, 6.07) is 7.03. The number of hydrogen-bond donors (Lipinski definition) is 1. The number of aromatic nitrogens is 1. The van der Waals surface area contributed by atoms with Crippen molar-refractivity contribution in [2.24, 2.45) is 0 Å². The van der Waals surface area contributed by atoms with Gasteiger partial charge in [-0.1, -0.05) is 12.1 Å². The number of amides is 1. The second-order valence-corrected chi connectivity index (χ2v) is 4.46. The number of alkyl halides is 3. The van der Waals surface area contributed by atoms with Crippen molar-refractivity contribution < 1.29 is 27.1 Å². The number of carbonyl (C=O) groups excluding carboxylic acids is 1. The summed E-state index contributed by atoms with van der Waals surface area (Å²) in [5.74, 6) is -1.51. The van der Waals surface area contributed by atoms with Crippen molar-refractivity contribution in [1.29, 1.82) is 0 Å². The molecule has 1 N–H and O–H groups in total. The van der Waals surface area contributed by atoms with Gasteiger partial charge in [-0.2, -0.15) is 13.2 Å². The Balaban J connectivity index is 1.84. The molecule has 1 heterocycles. The second-order valence-electron chi connectivity index (χ2n) is 4.46. The molecular formula is C15H12F4N2O2. The Labute approximate surface area is 129 Å². The van der Waals surface area contributed by atoms with Crippen molar-refractivity contribution in [3.63, 3.8) is 0 Å². The summed E-state index contributed by atoms with van der Waals surface area (Å²) in [6.45, 7) is -0.112. The average molecular weight is 328 g/mol. The van der Waals surface area contributed by atoms with E-state index in [-0.39, 0.29) is 24.6 Å². The van der Waals surface area contributed by atoms with Gasteiger partial charge in [0.1, 0.15) is 12.4 Å². The van der Waals surface area contributed by atoms with Crippen LogP contribution in [0, 0.1) is 5.82 Å². The van der Waals surface area contributed by atoms with E-state index in [0.29, 0.717) is 0 Å². The van der Waals surface area contributed by atoms with E-state index in [2.05, 4.69) is 10.3 Å². The molecule has 0 aliphatic carbocycles. The summed E-state index contributed by atoms with van der Waals surface area (Å²) >= 11 is 0. The summed E-state index contributed by atoms with van der Waals surface area (Å²) in [7, 11) is 0. The molecule has 4 nitrogen and oxygen atoms in total. The molecular weight excluding hydrogens is 316 g/mol. The minimum atomic E-state index is -4.49. The minimum absolute atomic E-state index is 0.00884. The number of halogens is 4. The fourth-order valence-electron chi connectivity index (χ4n) is 1.73. The van der Waals surface area contributed by atoms with Gasteiger partial charge in [0.25, 0.3) is 5.91 Å². The van der Waals surface area contributed by atoms with Crippen LogP contribution in [-0.2, 0) is 6.18 Å². The van der Waals surface area contributed by atoms with E-state index in [0.717, 1.165) is 24.4 Å². The quantitative estimate of drug-likeness (QED) is 0.678. The van der Waals surface area contributed by atoms with E-state index >= 15 is 0 Å². The van der Waals surface area contributed by atoms with Crippen LogP contribution < -0.4 is 10.1 Å². The van der Waals surface area contributed by atoms with Crippen LogP contribution in [0.15, 0.2) is 42.6 Å². The lowest BCUT2D eigenvalue weighted by Gasteiger charge is -2.10. The largest absolute Gasteiger partial charge is 0.476 e. The summed E-state index contributed by atoms with van der Waals surface area (Å²) in [5, 5.41) is 2.40. The number of nitrogens with zero attached hydrogens (tertiary/aromatic N) is 1. The molecule has 2 aromatic rings. The molecule has 1 aromatic heterocycles. The molecule has 0 spiro atoms. The molecule has 0 bridgehead atoms. The first-order valence-electron chi connectivity index (χ1n) is 6.56. The SMILES string of the molecule is O=C(NCCOc1cc(C(F)(F)F)ccn1)c1ccccc1F. The average Bonchev–Trinajstić information content (AvgIpc) is 2.51. The molecule has 8 heteroatoms. The van der Waals surface area contributed by atoms with Gasteiger partial charge in [0, 0.05) is 12.3 Å². The lowest BCUT2D eigenvalue weighted by atomic mass is 10.2. The Kier molecular flexibility index (Phi) is 5.15. The maximum atomic E-state index is 13.4. The first-order chi connectivity index (χ1) is 10.9. The molecule has 0 aliphatic heterocycles. The standard InChI is InChI=1S/C15H12F4N2O2/c16-12-4-2-1-3-11(12)14(22)21-7-8-23-13-9-10(5-6-20-13)15(17,18)19/h1-6,9H,7-8H2,(H,21,22). The highest BCUT2D eigenvalue weighted by atomic mass is 19.4. The van der Waals surface area contributed by atoms with Crippen molar-refractivity contribution >= 4 is 5.91 Å². The zero-order chi connectivity index (χ0) is 16.9. The van der Waals surface area contributed by atoms with Crippen LogP contribution in [0.4, 0.5) is 17.6 Å². The van der Waals surface area contributed by atoms with Crippen LogP contribution in [0.25, 0.3) is 0 Å². The summed E-state index contributed by atoms with van der Waals surface area (Å²) in [5.41, 5.74) is -0.998. The van der Waals surface area contributed by atoms with Crippen molar-refractivity contribution in [3.05, 3.63) is 59.5 Å². The predicted molar refractivity (Wildman–Crippen MR) is 73.5 cm³/mol. The molecule has 2 rings (SSSR count). The van der Waals surface area contributed by atoms with Crippen molar-refractivity contribution in [3.8, 4) is 5.88 Å². The smallest absolute Gasteiger partial charge is 0.416 e. The topological polar surface area (TPSA) is 51.2 Å². The highest BCUT2D eigenvalue weighted by Crippen LogP contribution is 2.30. The summed E-state index contributed by atoms with van der Waals surface area (Å²) in [6.07, 6.45) is -3.50. The van der Waals surface area contributed by atoms with E-state index in [1.54, 1.807) is 0 Å². The highest BCUT2D eigenvalue weighted by molar-refractivity contribution is 5.94. The maximum Gasteiger partial charge on any atom is 0.416 e. The van der Waals surface area contributed by atoms with Gasteiger partial charge in [-0.15, -0.1) is 0 Å². The third-order valence-electron chi connectivity index (χ3n) is 2.82.